The normalized spacial score (nSPS) is 12.1. The smallest absolute Gasteiger partial charge is 0.252 e. The van der Waals surface area contributed by atoms with Crippen molar-refractivity contribution in [3.8, 4) is 0 Å². The predicted octanol–water partition coefficient (Wildman–Crippen LogP) is 4.79. The van der Waals surface area contributed by atoms with E-state index < -0.39 is 10.0 Å². The average molecular weight is 505 g/mol. The maximum absolute atomic E-state index is 14.1. The first kappa shape index (κ1) is 23.3. The monoisotopic (exact) mass is 504 g/mol. The molecule has 0 saturated carbocycles. The van der Waals surface area contributed by atoms with Crippen LogP contribution in [0.2, 0.25) is 0 Å². The van der Waals surface area contributed by atoms with Crippen LogP contribution >= 0.6 is 11.7 Å². The molecule has 0 aliphatic heterocycles. The molecule has 2 heterocycles. The second-order valence-electron chi connectivity index (χ2n) is 8.50. The number of aromatic amines is 1. The quantitative estimate of drug-likeness (QED) is 0.344. The molecule has 0 unspecified atom stereocenters. The molecule has 0 radical (unpaired) electrons. The van der Waals surface area contributed by atoms with Gasteiger partial charge < -0.3 is 4.98 Å². The fraction of sp³-hybridized carbons (Fsp3) is 0.192. The maximum atomic E-state index is 14.1. The molecule has 5 aromatic rings. The lowest BCUT2D eigenvalue weighted by Gasteiger charge is -2.23. The van der Waals surface area contributed by atoms with Gasteiger partial charge >= 0.3 is 0 Å². The van der Waals surface area contributed by atoms with Gasteiger partial charge in [0.2, 0.25) is 10.0 Å². The zero-order valence-corrected chi connectivity index (χ0v) is 21.0. The summed E-state index contributed by atoms with van der Waals surface area (Å²) in [6, 6.07) is 20.6. The summed E-state index contributed by atoms with van der Waals surface area (Å²) in [5.41, 5.74) is 4.24. The van der Waals surface area contributed by atoms with E-state index in [0.717, 1.165) is 40.2 Å². The Morgan fingerprint density at radius 2 is 1.74 bits per heavy atom. The van der Waals surface area contributed by atoms with Crippen molar-refractivity contribution < 1.29 is 8.42 Å². The summed E-state index contributed by atoms with van der Waals surface area (Å²) in [5.74, 6) is 0. The van der Waals surface area contributed by atoms with E-state index in [4.69, 9.17) is 0 Å². The summed E-state index contributed by atoms with van der Waals surface area (Å²) in [6.45, 7) is 3.86. The number of sulfonamides is 1. The number of nitrogens with one attached hydrogen (secondary N) is 1. The number of hydrogen-bond acceptors (Lipinski definition) is 6. The van der Waals surface area contributed by atoms with Crippen molar-refractivity contribution in [2.24, 2.45) is 0 Å². The zero-order valence-electron chi connectivity index (χ0n) is 19.4. The molecule has 9 heteroatoms. The van der Waals surface area contributed by atoms with Crippen LogP contribution in [0, 0.1) is 6.92 Å². The minimum absolute atomic E-state index is 0.0771. The third-order valence-corrected chi connectivity index (χ3v) is 8.63. The van der Waals surface area contributed by atoms with Crippen LogP contribution < -0.4 is 5.56 Å². The van der Waals surface area contributed by atoms with Crippen molar-refractivity contribution in [2.45, 2.75) is 38.3 Å². The lowest BCUT2D eigenvalue weighted by molar-refractivity contribution is 0.400. The number of hydrogen-bond donors (Lipinski definition) is 1. The molecule has 7 nitrogen and oxygen atoms in total. The highest BCUT2D eigenvalue weighted by atomic mass is 32.2. The standard InChI is InChI=1S/C26H24N4O3S2/c1-3-18-10-12-22-20(13-18)14-21(26(31)27-22)16-30(15-19-7-5-4-6-8-19)35(32,33)25-17(2)9-11-23-24(25)29-34-28-23/h4-14H,3,15-16H2,1-2H3,(H,27,31). The molecule has 3 aromatic carbocycles. The van der Waals surface area contributed by atoms with Crippen LogP contribution in [0.1, 0.15) is 29.2 Å². The molecule has 0 amide bonds. The van der Waals surface area contributed by atoms with Crippen LogP contribution in [-0.4, -0.2) is 26.5 Å². The van der Waals surface area contributed by atoms with Crippen molar-refractivity contribution in [1.29, 1.82) is 0 Å². The van der Waals surface area contributed by atoms with Gasteiger partial charge in [-0.3, -0.25) is 4.79 Å². The van der Waals surface area contributed by atoms with E-state index in [1.807, 2.05) is 48.5 Å². The molecule has 0 spiro atoms. The van der Waals surface area contributed by atoms with Crippen molar-refractivity contribution in [2.75, 3.05) is 0 Å². The van der Waals surface area contributed by atoms with Gasteiger partial charge in [-0.1, -0.05) is 49.4 Å². The van der Waals surface area contributed by atoms with Gasteiger partial charge in [-0.2, -0.15) is 13.1 Å². The highest BCUT2D eigenvalue weighted by Gasteiger charge is 2.30. The van der Waals surface area contributed by atoms with Crippen molar-refractivity contribution >= 4 is 43.7 Å². The van der Waals surface area contributed by atoms with Gasteiger partial charge in [-0.15, -0.1) is 0 Å². The van der Waals surface area contributed by atoms with E-state index >= 15 is 0 Å². The molecule has 5 rings (SSSR count). The molecule has 178 valence electrons. The number of benzene rings is 3. The van der Waals surface area contributed by atoms with Crippen LogP contribution in [0.5, 0.6) is 0 Å². The molecule has 0 bridgehead atoms. The van der Waals surface area contributed by atoms with E-state index in [0.29, 0.717) is 22.2 Å². The van der Waals surface area contributed by atoms with Gasteiger partial charge in [0.1, 0.15) is 15.9 Å². The van der Waals surface area contributed by atoms with Gasteiger partial charge in [-0.25, -0.2) is 8.42 Å². The second kappa shape index (κ2) is 9.33. The minimum Gasteiger partial charge on any atom is -0.322 e. The topological polar surface area (TPSA) is 96.0 Å². The summed E-state index contributed by atoms with van der Waals surface area (Å²) in [7, 11) is -4.02. The van der Waals surface area contributed by atoms with Gasteiger partial charge in [0, 0.05) is 24.2 Å². The Labute approximate surface area is 207 Å². The van der Waals surface area contributed by atoms with E-state index in [2.05, 4.69) is 20.7 Å². The van der Waals surface area contributed by atoms with E-state index in [-0.39, 0.29) is 23.5 Å². The lowest BCUT2D eigenvalue weighted by Crippen LogP contribution is -2.33. The second-order valence-corrected chi connectivity index (χ2v) is 10.9. The fourth-order valence-electron chi connectivity index (χ4n) is 4.23. The molecule has 35 heavy (non-hydrogen) atoms. The Morgan fingerprint density at radius 1 is 0.943 bits per heavy atom. The van der Waals surface area contributed by atoms with Crippen LogP contribution in [-0.2, 0) is 29.5 Å². The number of fused-ring (bicyclic) bond motifs is 2. The average Bonchev–Trinajstić information content (AvgIpc) is 3.32. The molecule has 0 saturated heterocycles. The third kappa shape index (κ3) is 4.50. The van der Waals surface area contributed by atoms with E-state index in [9.17, 15) is 13.2 Å². The van der Waals surface area contributed by atoms with Gasteiger partial charge in [0.05, 0.1) is 11.7 Å². The number of nitrogens with zero attached hydrogens (tertiary/aromatic N) is 3. The highest BCUT2D eigenvalue weighted by Crippen LogP contribution is 2.30. The molecule has 0 aliphatic carbocycles. The Hall–Kier alpha value is -3.40. The first-order chi connectivity index (χ1) is 16.9. The summed E-state index contributed by atoms with van der Waals surface area (Å²) in [5, 5.41) is 0.873. The summed E-state index contributed by atoms with van der Waals surface area (Å²) < 4.78 is 38.0. The molecule has 0 fully saturated rings. The Morgan fingerprint density at radius 3 is 2.51 bits per heavy atom. The molecule has 2 aromatic heterocycles. The molecule has 0 atom stereocenters. The van der Waals surface area contributed by atoms with Crippen LogP contribution in [0.3, 0.4) is 0 Å². The molecular formula is C26H24N4O3S2. The highest BCUT2D eigenvalue weighted by molar-refractivity contribution is 7.89. The molecule has 1 N–H and O–H groups in total. The number of aromatic nitrogens is 3. The van der Waals surface area contributed by atoms with Gasteiger partial charge in [0.15, 0.2) is 0 Å². The van der Waals surface area contributed by atoms with Crippen LogP contribution in [0.25, 0.3) is 21.9 Å². The first-order valence-corrected chi connectivity index (χ1v) is 13.4. The Bertz CT molecular complexity index is 1690. The van der Waals surface area contributed by atoms with Crippen molar-refractivity contribution in [3.05, 3.63) is 99.3 Å². The van der Waals surface area contributed by atoms with E-state index in [1.165, 1.54) is 4.31 Å². The minimum atomic E-state index is -4.02. The third-order valence-electron chi connectivity index (χ3n) is 6.12. The molecular weight excluding hydrogens is 480 g/mol. The lowest BCUT2D eigenvalue weighted by atomic mass is 10.1. The van der Waals surface area contributed by atoms with Crippen LogP contribution in [0.15, 0.2) is 76.4 Å². The molecule has 0 aliphatic rings. The zero-order chi connectivity index (χ0) is 24.6. The number of H-pyrrole nitrogens is 1. The Balaban J connectivity index is 1.64. The Kier molecular flexibility index (Phi) is 6.22. The first-order valence-electron chi connectivity index (χ1n) is 11.3. The number of pyridine rings is 1. The largest absolute Gasteiger partial charge is 0.322 e. The van der Waals surface area contributed by atoms with Gasteiger partial charge in [0.25, 0.3) is 5.56 Å². The van der Waals surface area contributed by atoms with Crippen LogP contribution in [0.4, 0.5) is 0 Å². The van der Waals surface area contributed by atoms with Crippen molar-refractivity contribution in [1.82, 2.24) is 18.0 Å². The predicted molar refractivity (Wildman–Crippen MR) is 139 cm³/mol. The van der Waals surface area contributed by atoms with Crippen molar-refractivity contribution in [3.63, 3.8) is 0 Å². The summed E-state index contributed by atoms with van der Waals surface area (Å²) in [6.07, 6.45) is 0.865. The fourth-order valence-corrected chi connectivity index (χ4v) is 6.58. The van der Waals surface area contributed by atoms with E-state index in [1.54, 1.807) is 25.1 Å². The number of aryl methyl sites for hydroxylation is 2. The van der Waals surface area contributed by atoms with Gasteiger partial charge in [-0.05, 0) is 59.7 Å². The number of rotatable bonds is 7. The summed E-state index contributed by atoms with van der Waals surface area (Å²) >= 11 is 0.981. The summed E-state index contributed by atoms with van der Waals surface area (Å²) in [4.78, 5) is 16.0. The SMILES string of the molecule is CCc1ccc2[nH]c(=O)c(CN(Cc3ccccc3)S(=O)(=O)c3c(C)ccc4nsnc34)cc2c1. The maximum Gasteiger partial charge on any atom is 0.252 e.